The molecule has 4 rings (SSSR count). The van der Waals surface area contributed by atoms with Crippen LogP contribution in [0.5, 0.6) is 0 Å². The fourth-order valence-electron chi connectivity index (χ4n) is 3.97. The van der Waals surface area contributed by atoms with Crippen LogP contribution in [0.2, 0.25) is 0 Å². The van der Waals surface area contributed by atoms with Gasteiger partial charge in [-0.05, 0) is 44.1 Å². The first kappa shape index (κ1) is 16.0. The topological polar surface area (TPSA) is 64.6 Å². The van der Waals surface area contributed by atoms with Crippen LogP contribution < -0.4 is 0 Å². The van der Waals surface area contributed by atoms with Crippen LogP contribution in [0.1, 0.15) is 42.6 Å². The Labute approximate surface area is 142 Å². The van der Waals surface area contributed by atoms with Crippen molar-refractivity contribution in [2.75, 3.05) is 32.9 Å². The van der Waals surface area contributed by atoms with Gasteiger partial charge in [0.2, 0.25) is 0 Å². The molecule has 3 heterocycles. The molecule has 1 aromatic rings. The van der Waals surface area contributed by atoms with Crippen molar-refractivity contribution in [1.82, 2.24) is 14.9 Å². The van der Waals surface area contributed by atoms with E-state index >= 15 is 0 Å². The number of carbonyl (C=O) groups excluding carboxylic acids is 1. The number of piperidine rings is 1. The third kappa shape index (κ3) is 3.30. The Morgan fingerprint density at radius 1 is 1.42 bits per heavy atom. The Bertz CT molecular complexity index is 578. The molecule has 0 aromatic carbocycles. The summed E-state index contributed by atoms with van der Waals surface area (Å²) < 4.78 is 12.1. The molecular formula is C18H25N3O3. The first-order chi connectivity index (χ1) is 11.8. The minimum Gasteiger partial charge on any atom is -0.380 e. The smallest absolute Gasteiger partial charge is 0.272 e. The molecule has 1 aromatic heterocycles. The quantitative estimate of drug-likeness (QED) is 0.825. The van der Waals surface area contributed by atoms with E-state index in [1.54, 1.807) is 12.3 Å². The first-order valence-electron chi connectivity index (χ1n) is 9.01. The maximum atomic E-state index is 12.8. The Morgan fingerprint density at radius 2 is 2.33 bits per heavy atom. The van der Waals surface area contributed by atoms with Gasteiger partial charge in [0.1, 0.15) is 12.0 Å². The summed E-state index contributed by atoms with van der Waals surface area (Å²) in [5.41, 5.74) is 0.405. The van der Waals surface area contributed by atoms with E-state index in [9.17, 15) is 4.79 Å². The minimum atomic E-state index is -0.0614. The van der Waals surface area contributed by atoms with Gasteiger partial charge in [-0.15, -0.1) is 0 Å². The molecule has 1 amide bonds. The first-order valence-corrected chi connectivity index (χ1v) is 9.01. The third-order valence-corrected chi connectivity index (χ3v) is 5.52. The molecule has 0 radical (unpaired) electrons. The van der Waals surface area contributed by atoms with Crippen molar-refractivity contribution < 1.29 is 14.3 Å². The number of hydrogen-bond acceptors (Lipinski definition) is 5. The zero-order chi connectivity index (χ0) is 16.4. The Morgan fingerprint density at radius 3 is 3.12 bits per heavy atom. The minimum absolute atomic E-state index is 0.0111. The summed E-state index contributed by atoms with van der Waals surface area (Å²) in [6.45, 7) is 3.80. The van der Waals surface area contributed by atoms with Gasteiger partial charge >= 0.3 is 0 Å². The van der Waals surface area contributed by atoms with Crippen LogP contribution in [0.4, 0.5) is 0 Å². The molecule has 6 nitrogen and oxygen atoms in total. The van der Waals surface area contributed by atoms with Crippen LogP contribution in [-0.2, 0) is 9.47 Å². The molecule has 130 valence electrons. The highest BCUT2D eigenvalue weighted by Crippen LogP contribution is 2.41. The second-order valence-corrected chi connectivity index (χ2v) is 7.39. The molecule has 24 heavy (non-hydrogen) atoms. The number of fused-ring (bicyclic) bond motifs is 1. The van der Waals surface area contributed by atoms with Crippen LogP contribution in [0.25, 0.3) is 0 Å². The maximum Gasteiger partial charge on any atom is 0.272 e. The predicted molar refractivity (Wildman–Crippen MR) is 87.5 cm³/mol. The number of amides is 1. The molecule has 6 heteroatoms. The van der Waals surface area contributed by atoms with Crippen molar-refractivity contribution >= 4 is 5.91 Å². The van der Waals surface area contributed by atoms with Crippen LogP contribution in [0, 0.1) is 11.3 Å². The molecule has 0 unspecified atom stereocenters. The lowest BCUT2D eigenvalue weighted by Crippen LogP contribution is -2.58. The van der Waals surface area contributed by atoms with Gasteiger partial charge in [0.05, 0.1) is 12.7 Å². The summed E-state index contributed by atoms with van der Waals surface area (Å²) >= 11 is 0. The number of ether oxygens (including phenoxy) is 2. The fraction of sp³-hybridized carbons (Fsp3) is 0.722. The van der Waals surface area contributed by atoms with E-state index in [-0.39, 0.29) is 17.4 Å². The monoisotopic (exact) mass is 331 g/mol. The average Bonchev–Trinajstić information content (AvgIpc) is 3.45. The van der Waals surface area contributed by atoms with Crippen molar-refractivity contribution in [3.63, 3.8) is 0 Å². The van der Waals surface area contributed by atoms with Crippen LogP contribution in [-0.4, -0.2) is 59.8 Å². The predicted octanol–water partition coefficient (Wildman–Crippen LogP) is 1.91. The van der Waals surface area contributed by atoms with E-state index in [4.69, 9.17) is 9.47 Å². The van der Waals surface area contributed by atoms with Gasteiger partial charge in [0.15, 0.2) is 0 Å². The Balaban J connectivity index is 1.46. The van der Waals surface area contributed by atoms with Crippen molar-refractivity contribution in [3.05, 3.63) is 24.3 Å². The normalized spacial score (nSPS) is 30.0. The van der Waals surface area contributed by atoms with E-state index < -0.39 is 0 Å². The van der Waals surface area contributed by atoms with Crippen molar-refractivity contribution in [1.29, 1.82) is 0 Å². The molecule has 1 aliphatic carbocycles. The van der Waals surface area contributed by atoms with E-state index in [0.717, 1.165) is 44.9 Å². The molecule has 3 fully saturated rings. The highest BCUT2D eigenvalue weighted by molar-refractivity contribution is 5.92. The SMILES string of the molecule is O=C(c1ccncn1)N1CC[C@@H]2OCCC[C@]2(COCC2CC2)C1. The largest absolute Gasteiger partial charge is 0.380 e. The van der Waals surface area contributed by atoms with E-state index in [0.29, 0.717) is 18.8 Å². The summed E-state index contributed by atoms with van der Waals surface area (Å²) in [4.78, 5) is 22.7. The molecule has 1 saturated carbocycles. The fourth-order valence-corrected chi connectivity index (χ4v) is 3.97. The lowest BCUT2D eigenvalue weighted by Gasteiger charge is -2.50. The number of nitrogens with zero attached hydrogens (tertiary/aromatic N) is 3. The van der Waals surface area contributed by atoms with Crippen molar-refractivity contribution in [2.24, 2.45) is 11.3 Å². The molecule has 2 aliphatic heterocycles. The summed E-state index contributed by atoms with van der Waals surface area (Å²) in [6, 6.07) is 1.68. The number of likely N-dealkylation sites (tertiary alicyclic amines) is 1. The third-order valence-electron chi connectivity index (χ3n) is 5.52. The second kappa shape index (κ2) is 6.76. The highest BCUT2D eigenvalue weighted by atomic mass is 16.5. The van der Waals surface area contributed by atoms with Gasteiger partial charge in [0, 0.05) is 37.9 Å². The van der Waals surface area contributed by atoms with Gasteiger partial charge in [-0.25, -0.2) is 9.97 Å². The summed E-state index contributed by atoms with van der Waals surface area (Å²) in [6.07, 6.45) is 8.83. The van der Waals surface area contributed by atoms with Crippen LogP contribution in [0.15, 0.2) is 18.6 Å². The maximum absolute atomic E-state index is 12.8. The standard InChI is InChI=1S/C18H25N3O3/c22-17(15-4-7-19-13-20-15)21-8-5-16-18(11-21,6-1-9-24-16)12-23-10-14-2-3-14/h4,7,13-14,16H,1-3,5-6,8-12H2/t16-,18+/m0/s1. The number of hydrogen-bond donors (Lipinski definition) is 0. The molecule has 0 spiro atoms. The Hall–Kier alpha value is -1.53. The second-order valence-electron chi connectivity index (χ2n) is 7.39. The van der Waals surface area contributed by atoms with E-state index in [2.05, 4.69) is 9.97 Å². The molecule has 0 N–H and O–H groups in total. The van der Waals surface area contributed by atoms with Crippen LogP contribution in [0.3, 0.4) is 0 Å². The zero-order valence-corrected chi connectivity index (χ0v) is 14.0. The molecule has 3 aliphatic rings. The van der Waals surface area contributed by atoms with Gasteiger partial charge in [0.25, 0.3) is 5.91 Å². The van der Waals surface area contributed by atoms with Gasteiger partial charge in [-0.1, -0.05) is 0 Å². The van der Waals surface area contributed by atoms with Gasteiger partial charge < -0.3 is 14.4 Å². The summed E-state index contributed by atoms with van der Waals surface area (Å²) in [5, 5.41) is 0. The molecule has 2 saturated heterocycles. The lowest BCUT2D eigenvalue weighted by molar-refractivity contribution is -0.147. The highest BCUT2D eigenvalue weighted by Gasteiger charge is 2.47. The summed E-state index contributed by atoms with van der Waals surface area (Å²) in [5.74, 6) is 0.745. The molecule has 0 bridgehead atoms. The zero-order valence-electron chi connectivity index (χ0n) is 14.0. The lowest BCUT2D eigenvalue weighted by atomic mass is 9.73. The average molecular weight is 331 g/mol. The van der Waals surface area contributed by atoms with E-state index in [1.165, 1.54) is 19.2 Å². The van der Waals surface area contributed by atoms with Crippen molar-refractivity contribution in [3.8, 4) is 0 Å². The van der Waals surface area contributed by atoms with Crippen molar-refractivity contribution in [2.45, 2.75) is 38.2 Å². The summed E-state index contributed by atoms with van der Waals surface area (Å²) in [7, 11) is 0. The Kier molecular flexibility index (Phi) is 4.50. The van der Waals surface area contributed by atoms with Gasteiger partial charge in [-0.3, -0.25) is 4.79 Å². The number of aromatic nitrogens is 2. The molecule has 2 atom stereocenters. The van der Waals surface area contributed by atoms with Crippen LogP contribution >= 0.6 is 0 Å². The number of carbonyl (C=O) groups is 1. The van der Waals surface area contributed by atoms with E-state index in [1.807, 2.05) is 4.90 Å². The van der Waals surface area contributed by atoms with Gasteiger partial charge in [-0.2, -0.15) is 0 Å². The number of rotatable bonds is 5. The molecular weight excluding hydrogens is 306 g/mol.